The predicted molar refractivity (Wildman–Crippen MR) is 97.5 cm³/mol. The topological polar surface area (TPSA) is 84.3 Å². The number of carbonyl (C=O) groups excluding carboxylic acids is 2. The summed E-state index contributed by atoms with van der Waals surface area (Å²) in [5, 5.41) is 11.2. The first-order chi connectivity index (χ1) is 12.5. The van der Waals surface area contributed by atoms with Crippen LogP contribution in [-0.2, 0) is 11.3 Å². The molecule has 2 aromatic heterocycles. The molecule has 0 atom stereocenters. The lowest BCUT2D eigenvalue weighted by atomic mass is 10.1. The number of aromatic hydroxyl groups is 1. The van der Waals surface area contributed by atoms with Gasteiger partial charge in [-0.3, -0.25) is 4.79 Å². The van der Waals surface area contributed by atoms with E-state index >= 15 is 0 Å². The largest absolute Gasteiger partial charge is 0.508 e. The Labute approximate surface area is 148 Å². The fraction of sp³-hybridized carbons (Fsp3) is 0.100. The van der Waals surface area contributed by atoms with Crippen molar-refractivity contribution in [1.82, 2.24) is 9.55 Å². The number of ether oxygens (including phenoxy) is 1. The first kappa shape index (κ1) is 16.0. The van der Waals surface area contributed by atoms with E-state index in [9.17, 15) is 14.7 Å². The van der Waals surface area contributed by atoms with Gasteiger partial charge in [0.1, 0.15) is 18.0 Å². The van der Waals surface area contributed by atoms with Gasteiger partial charge in [-0.05, 0) is 49.4 Å². The lowest BCUT2D eigenvalue weighted by molar-refractivity contribution is -0.134. The maximum atomic E-state index is 12.4. The van der Waals surface area contributed by atoms with Crippen molar-refractivity contribution in [3.05, 3.63) is 60.4 Å². The van der Waals surface area contributed by atoms with Crippen LogP contribution in [0.25, 0.3) is 21.8 Å². The van der Waals surface area contributed by atoms with Gasteiger partial charge in [0.15, 0.2) is 5.78 Å². The number of nitrogens with one attached hydrogen (secondary N) is 1. The SMILES string of the molecule is CC(=O)c1cn(CC(=O)Oc2ccc3[nH]ccc3c2)c2ccc(O)cc12. The van der Waals surface area contributed by atoms with Crippen molar-refractivity contribution in [2.24, 2.45) is 0 Å². The van der Waals surface area contributed by atoms with Crippen molar-refractivity contribution >= 4 is 33.6 Å². The zero-order valence-electron chi connectivity index (χ0n) is 14.0. The van der Waals surface area contributed by atoms with Gasteiger partial charge in [-0.1, -0.05) is 0 Å². The third-order valence-corrected chi connectivity index (χ3v) is 4.30. The van der Waals surface area contributed by atoms with Crippen LogP contribution in [0.15, 0.2) is 54.9 Å². The van der Waals surface area contributed by atoms with Gasteiger partial charge in [0.05, 0.1) is 0 Å². The smallest absolute Gasteiger partial charge is 0.331 e. The Balaban J connectivity index is 1.62. The molecule has 0 aliphatic carbocycles. The van der Waals surface area contributed by atoms with Crippen LogP contribution in [0, 0.1) is 0 Å². The van der Waals surface area contributed by atoms with E-state index in [0.29, 0.717) is 22.2 Å². The number of Topliss-reactive ketones (excluding diaryl/α,β-unsaturated/α-hetero) is 1. The molecule has 4 aromatic rings. The number of nitrogens with zero attached hydrogens (tertiary/aromatic N) is 1. The minimum Gasteiger partial charge on any atom is -0.508 e. The minimum atomic E-state index is -0.444. The number of aromatic nitrogens is 2. The molecule has 2 heterocycles. The van der Waals surface area contributed by atoms with Crippen molar-refractivity contribution in [2.75, 3.05) is 0 Å². The van der Waals surface area contributed by atoms with Crippen LogP contribution in [0.2, 0.25) is 0 Å². The van der Waals surface area contributed by atoms with Crippen molar-refractivity contribution in [3.63, 3.8) is 0 Å². The first-order valence-corrected chi connectivity index (χ1v) is 8.12. The van der Waals surface area contributed by atoms with Crippen LogP contribution in [0.1, 0.15) is 17.3 Å². The summed E-state index contributed by atoms with van der Waals surface area (Å²) in [6.07, 6.45) is 3.43. The van der Waals surface area contributed by atoms with Gasteiger partial charge in [-0.25, -0.2) is 4.79 Å². The molecule has 130 valence electrons. The summed E-state index contributed by atoms with van der Waals surface area (Å²) in [7, 11) is 0. The third kappa shape index (κ3) is 2.82. The molecule has 0 bridgehead atoms. The number of aromatic amines is 1. The molecule has 6 heteroatoms. The zero-order chi connectivity index (χ0) is 18.3. The number of carbonyl (C=O) groups is 2. The highest BCUT2D eigenvalue weighted by Gasteiger charge is 2.15. The molecule has 26 heavy (non-hydrogen) atoms. The average molecular weight is 348 g/mol. The molecule has 6 nitrogen and oxygen atoms in total. The Bertz CT molecular complexity index is 1150. The highest BCUT2D eigenvalue weighted by molar-refractivity contribution is 6.07. The molecular formula is C20H16N2O4. The Morgan fingerprint density at radius 2 is 2.00 bits per heavy atom. The number of ketones is 1. The van der Waals surface area contributed by atoms with E-state index in [-0.39, 0.29) is 18.1 Å². The lowest BCUT2D eigenvalue weighted by Crippen LogP contribution is -2.15. The molecule has 0 radical (unpaired) electrons. The summed E-state index contributed by atoms with van der Waals surface area (Å²) in [5.74, 6) is -0.0475. The fourth-order valence-corrected chi connectivity index (χ4v) is 3.09. The van der Waals surface area contributed by atoms with Crippen molar-refractivity contribution in [2.45, 2.75) is 13.5 Å². The normalized spacial score (nSPS) is 11.1. The van der Waals surface area contributed by atoms with E-state index in [1.54, 1.807) is 29.0 Å². The van der Waals surface area contributed by atoms with Gasteiger partial charge < -0.3 is 19.4 Å². The molecule has 0 aliphatic rings. The van der Waals surface area contributed by atoms with Crippen molar-refractivity contribution in [3.8, 4) is 11.5 Å². The molecule has 0 amide bonds. The molecule has 2 aromatic carbocycles. The average Bonchev–Trinajstić information content (AvgIpc) is 3.19. The molecular weight excluding hydrogens is 332 g/mol. The Kier molecular flexibility index (Phi) is 3.73. The van der Waals surface area contributed by atoms with Crippen LogP contribution < -0.4 is 4.74 Å². The van der Waals surface area contributed by atoms with Gasteiger partial charge in [0, 0.05) is 39.8 Å². The number of phenolic OH excluding ortho intramolecular Hbond substituents is 1. The van der Waals surface area contributed by atoms with Gasteiger partial charge >= 0.3 is 5.97 Å². The number of phenols is 1. The minimum absolute atomic E-state index is 0.0419. The third-order valence-electron chi connectivity index (χ3n) is 4.30. The van der Waals surface area contributed by atoms with Crippen LogP contribution in [0.4, 0.5) is 0 Å². The second kappa shape index (κ2) is 6.07. The maximum absolute atomic E-state index is 12.4. The molecule has 0 saturated carbocycles. The second-order valence-electron chi connectivity index (χ2n) is 6.13. The summed E-state index contributed by atoms with van der Waals surface area (Å²) in [6.45, 7) is 1.41. The number of esters is 1. The Hall–Kier alpha value is -3.54. The molecule has 0 spiro atoms. The Morgan fingerprint density at radius 1 is 1.15 bits per heavy atom. The predicted octanol–water partition coefficient (Wildman–Crippen LogP) is 3.64. The molecule has 2 N–H and O–H groups in total. The summed E-state index contributed by atoms with van der Waals surface area (Å²) >= 11 is 0. The molecule has 0 aliphatic heterocycles. The van der Waals surface area contributed by atoms with E-state index < -0.39 is 5.97 Å². The fourth-order valence-electron chi connectivity index (χ4n) is 3.09. The van der Waals surface area contributed by atoms with Crippen LogP contribution in [0.5, 0.6) is 11.5 Å². The summed E-state index contributed by atoms with van der Waals surface area (Å²) < 4.78 is 7.09. The van der Waals surface area contributed by atoms with Crippen LogP contribution in [0.3, 0.4) is 0 Å². The summed E-state index contributed by atoms with van der Waals surface area (Å²) in [5.41, 5.74) is 2.11. The zero-order valence-corrected chi connectivity index (χ0v) is 14.0. The van der Waals surface area contributed by atoms with Gasteiger partial charge in [-0.2, -0.15) is 0 Å². The van der Waals surface area contributed by atoms with E-state index in [4.69, 9.17) is 4.74 Å². The quantitative estimate of drug-likeness (QED) is 0.335. The molecule has 4 rings (SSSR count). The first-order valence-electron chi connectivity index (χ1n) is 8.12. The Morgan fingerprint density at radius 3 is 2.81 bits per heavy atom. The highest BCUT2D eigenvalue weighted by atomic mass is 16.5. The number of benzene rings is 2. The van der Waals surface area contributed by atoms with E-state index in [2.05, 4.69) is 4.98 Å². The van der Waals surface area contributed by atoms with Gasteiger partial charge in [0.25, 0.3) is 0 Å². The number of fused-ring (bicyclic) bond motifs is 2. The molecule has 0 fully saturated rings. The number of hydrogen-bond acceptors (Lipinski definition) is 4. The second-order valence-corrected chi connectivity index (χ2v) is 6.13. The summed E-state index contributed by atoms with van der Waals surface area (Å²) in [6, 6.07) is 12.0. The van der Waals surface area contributed by atoms with Crippen LogP contribution in [-0.4, -0.2) is 26.4 Å². The van der Waals surface area contributed by atoms with E-state index in [0.717, 1.165) is 10.9 Å². The maximum Gasteiger partial charge on any atom is 0.331 e. The molecule has 0 unspecified atom stereocenters. The van der Waals surface area contributed by atoms with Crippen molar-refractivity contribution < 1.29 is 19.4 Å². The molecule has 0 saturated heterocycles. The van der Waals surface area contributed by atoms with Gasteiger partial charge in [0.2, 0.25) is 0 Å². The van der Waals surface area contributed by atoms with E-state index in [1.165, 1.54) is 19.1 Å². The number of H-pyrrole nitrogens is 1. The standard InChI is InChI=1S/C20H16N2O4/c1-12(23)17-10-22(19-5-2-14(24)9-16(17)19)11-20(25)26-15-3-4-18-13(8-15)6-7-21-18/h2-10,21,24H,11H2,1H3. The van der Waals surface area contributed by atoms with Crippen molar-refractivity contribution in [1.29, 1.82) is 0 Å². The lowest BCUT2D eigenvalue weighted by Gasteiger charge is -2.07. The number of hydrogen-bond donors (Lipinski definition) is 2. The van der Waals surface area contributed by atoms with Crippen LogP contribution >= 0.6 is 0 Å². The number of rotatable bonds is 4. The van der Waals surface area contributed by atoms with Gasteiger partial charge in [-0.15, -0.1) is 0 Å². The van der Waals surface area contributed by atoms with E-state index in [1.807, 2.05) is 18.3 Å². The highest BCUT2D eigenvalue weighted by Crippen LogP contribution is 2.26. The monoisotopic (exact) mass is 348 g/mol. The summed E-state index contributed by atoms with van der Waals surface area (Å²) in [4.78, 5) is 27.3.